The Morgan fingerprint density at radius 2 is 2.17 bits per heavy atom. The van der Waals surface area contributed by atoms with Crippen molar-refractivity contribution in [2.75, 3.05) is 5.33 Å². The summed E-state index contributed by atoms with van der Waals surface area (Å²) in [7, 11) is 0. The molecule has 0 atom stereocenters. The van der Waals surface area contributed by atoms with Crippen molar-refractivity contribution < 1.29 is 4.79 Å². The summed E-state index contributed by atoms with van der Waals surface area (Å²) in [6.07, 6.45) is 0. The van der Waals surface area contributed by atoms with Crippen molar-refractivity contribution in [2.45, 2.75) is 0 Å². The number of ketones is 1. The highest BCUT2D eigenvalue weighted by Crippen LogP contribution is 2.21. The molecule has 0 unspecified atom stereocenters. The predicted molar refractivity (Wildman–Crippen MR) is 57.3 cm³/mol. The number of halogens is 3. The Kier molecular flexibility index (Phi) is 3.75. The van der Waals surface area contributed by atoms with E-state index in [1.807, 2.05) is 0 Å². The minimum atomic E-state index is -0.0127. The van der Waals surface area contributed by atoms with E-state index in [1.54, 1.807) is 18.2 Å². The number of alkyl halides is 1. The van der Waals surface area contributed by atoms with Crippen LogP contribution in [0.3, 0.4) is 0 Å². The van der Waals surface area contributed by atoms with Crippen molar-refractivity contribution in [2.24, 2.45) is 0 Å². The summed E-state index contributed by atoms with van der Waals surface area (Å²) >= 11 is 12.2. The molecule has 1 rings (SSSR count). The van der Waals surface area contributed by atoms with E-state index in [4.69, 9.17) is 11.6 Å². The zero-order chi connectivity index (χ0) is 9.14. The normalized spacial score (nSPS) is 9.92. The van der Waals surface area contributed by atoms with Gasteiger partial charge < -0.3 is 0 Å². The van der Waals surface area contributed by atoms with Gasteiger partial charge in [0.1, 0.15) is 0 Å². The number of carbonyl (C=O) groups is 1. The van der Waals surface area contributed by atoms with Gasteiger partial charge in [0.15, 0.2) is 5.78 Å². The summed E-state index contributed by atoms with van der Waals surface area (Å²) in [4.78, 5) is 11.2. The SMILES string of the molecule is O=C(CBr)c1cc(Br)ccc1Cl. The fourth-order valence-corrected chi connectivity index (χ4v) is 1.67. The van der Waals surface area contributed by atoms with Gasteiger partial charge in [-0.15, -0.1) is 0 Å². The first kappa shape index (κ1) is 10.2. The summed E-state index contributed by atoms with van der Waals surface area (Å²) < 4.78 is 0.858. The summed E-state index contributed by atoms with van der Waals surface area (Å²) in [6, 6.07) is 5.21. The lowest BCUT2D eigenvalue weighted by molar-refractivity contribution is 0.102. The molecule has 64 valence electrons. The summed E-state index contributed by atoms with van der Waals surface area (Å²) in [5.74, 6) is -0.0127. The lowest BCUT2D eigenvalue weighted by atomic mass is 10.1. The van der Waals surface area contributed by atoms with E-state index in [9.17, 15) is 4.79 Å². The topological polar surface area (TPSA) is 17.1 Å². The highest BCUT2D eigenvalue weighted by Gasteiger charge is 2.08. The molecule has 0 radical (unpaired) electrons. The van der Waals surface area contributed by atoms with Crippen molar-refractivity contribution in [1.82, 2.24) is 0 Å². The Balaban J connectivity index is 3.13. The molecule has 12 heavy (non-hydrogen) atoms. The first-order chi connectivity index (χ1) is 5.65. The van der Waals surface area contributed by atoms with Crippen molar-refractivity contribution in [3.8, 4) is 0 Å². The van der Waals surface area contributed by atoms with Gasteiger partial charge in [-0.2, -0.15) is 0 Å². The van der Waals surface area contributed by atoms with Gasteiger partial charge in [0.2, 0.25) is 0 Å². The van der Waals surface area contributed by atoms with Gasteiger partial charge in [-0.05, 0) is 18.2 Å². The largest absolute Gasteiger partial charge is 0.293 e. The lowest BCUT2D eigenvalue weighted by Crippen LogP contribution is -2.00. The molecule has 0 amide bonds. The second kappa shape index (κ2) is 4.40. The highest BCUT2D eigenvalue weighted by molar-refractivity contribution is 9.10. The third kappa shape index (κ3) is 2.31. The van der Waals surface area contributed by atoms with E-state index in [1.165, 1.54) is 0 Å². The van der Waals surface area contributed by atoms with Gasteiger partial charge in [0, 0.05) is 10.0 Å². The fraction of sp³-hybridized carbons (Fsp3) is 0.125. The van der Waals surface area contributed by atoms with Crippen molar-refractivity contribution in [3.05, 3.63) is 33.3 Å². The van der Waals surface area contributed by atoms with Crippen LogP contribution in [-0.2, 0) is 0 Å². The van der Waals surface area contributed by atoms with E-state index < -0.39 is 0 Å². The molecule has 1 nitrogen and oxygen atoms in total. The molecule has 0 saturated heterocycles. The van der Waals surface area contributed by atoms with Crippen LogP contribution in [0.4, 0.5) is 0 Å². The average molecular weight is 312 g/mol. The molecule has 0 bridgehead atoms. The number of benzene rings is 1. The molecule has 1 aromatic rings. The van der Waals surface area contributed by atoms with E-state index in [2.05, 4.69) is 31.9 Å². The molecule has 1 aromatic carbocycles. The molecule has 4 heteroatoms. The average Bonchev–Trinajstić information content (AvgIpc) is 2.08. The predicted octanol–water partition coefficient (Wildman–Crippen LogP) is 3.68. The van der Waals surface area contributed by atoms with Gasteiger partial charge in [-0.3, -0.25) is 4.79 Å². The quantitative estimate of drug-likeness (QED) is 0.601. The standard InChI is InChI=1S/C8H5Br2ClO/c9-4-8(12)6-3-5(10)1-2-7(6)11/h1-3H,4H2. The van der Waals surface area contributed by atoms with Gasteiger partial charge in [0.05, 0.1) is 10.4 Å². The van der Waals surface area contributed by atoms with Crippen molar-refractivity contribution in [1.29, 1.82) is 0 Å². The van der Waals surface area contributed by atoms with Crippen LogP contribution in [0.2, 0.25) is 5.02 Å². The zero-order valence-electron chi connectivity index (χ0n) is 5.98. The molecule has 0 spiro atoms. The van der Waals surface area contributed by atoms with Crippen LogP contribution in [0.5, 0.6) is 0 Å². The van der Waals surface area contributed by atoms with Crippen molar-refractivity contribution >= 4 is 49.2 Å². The van der Waals surface area contributed by atoms with Gasteiger partial charge in [0.25, 0.3) is 0 Å². The number of Topliss-reactive ketones (excluding diaryl/α,β-unsaturated/α-hetero) is 1. The molecule has 0 N–H and O–H groups in total. The first-order valence-electron chi connectivity index (χ1n) is 3.19. The van der Waals surface area contributed by atoms with Gasteiger partial charge >= 0.3 is 0 Å². The van der Waals surface area contributed by atoms with Crippen LogP contribution >= 0.6 is 43.5 Å². The smallest absolute Gasteiger partial charge is 0.174 e. The second-order valence-electron chi connectivity index (χ2n) is 2.18. The van der Waals surface area contributed by atoms with Crippen LogP contribution < -0.4 is 0 Å². The molecular weight excluding hydrogens is 307 g/mol. The molecular formula is C8H5Br2ClO. The molecule has 0 aliphatic rings. The molecule has 0 saturated carbocycles. The molecule has 0 fully saturated rings. The Hall–Kier alpha value is 0.140. The third-order valence-electron chi connectivity index (χ3n) is 1.35. The summed E-state index contributed by atoms with van der Waals surface area (Å²) in [6.45, 7) is 0. The number of carbonyl (C=O) groups excluding carboxylic acids is 1. The van der Waals surface area contributed by atoms with Crippen molar-refractivity contribution in [3.63, 3.8) is 0 Å². The second-order valence-corrected chi connectivity index (χ2v) is 4.06. The summed E-state index contributed by atoms with van der Waals surface area (Å²) in [5, 5.41) is 0.783. The van der Waals surface area contributed by atoms with Crippen LogP contribution in [-0.4, -0.2) is 11.1 Å². The highest BCUT2D eigenvalue weighted by atomic mass is 79.9. The third-order valence-corrected chi connectivity index (χ3v) is 2.68. The maximum absolute atomic E-state index is 11.2. The number of rotatable bonds is 2. The minimum Gasteiger partial charge on any atom is -0.293 e. The number of hydrogen-bond acceptors (Lipinski definition) is 1. The van der Waals surface area contributed by atoms with Gasteiger partial charge in [-0.1, -0.05) is 43.5 Å². The first-order valence-corrected chi connectivity index (χ1v) is 5.48. The molecule has 0 aliphatic carbocycles. The van der Waals surface area contributed by atoms with Crippen LogP contribution in [0.15, 0.2) is 22.7 Å². The minimum absolute atomic E-state index is 0.0127. The maximum Gasteiger partial charge on any atom is 0.174 e. The molecule has 0 heterocycles. The van der Waals surface area contributed by atoms with E-state index >= 15 is 0 Å². The lowest BCUT2D eigenvalue weighted by Gasteiger charge is -2.00. The number of hydrogen-bond donors (Lipinski definition) is 0. The van der Waals surface area contributed by atoms with Crippen LogP contribution in [0, 0.1) is 0 Å². The Bertz CT molecular complexity index is 312. The summed E-state index contributed by atoms with van der Waals surface area (Å²) in [5.41, 5.74) is 0.544. The Morgan fingerprint density at radius 3 is 2.75 bits per heavy atom. The Morgan fingerprint density at radius 1 is 1.50 bits per heavy atom. The van der Waals surface area contributed by atoms with E-state index in [0.717, 1.165) is 4.47 Å². The zero-order valence-corrected chi connectivity index (χ0v) is 9.91. The fourth-order valence-electron chi connectivity index (χ4n) is 0.783. The molecule has 0 aliphatic heterocycles. The van der Waals surface area contributed by atoms with E-state index in [-0.39, 0.29) is 5.78 Å². The monoisotopic (exact) mass is 310 g/mol. The van der Waals surface area contributed by atoms with Gasteiger partial charge in [-0.25, -0.2) is 0 Å². The molecule has 0 aromatic heterocycles. The van der Waals surface area contributed by atoms with Crippen LogP contribution in [0.1, 0.15) is 10.4 Å². The Labute approximate surface area is 92.4 Å². The van der Waals surface area contributed by atoms with E-state index in [0.29, 0.717) is 15.9 Å². The maximum atomic E-state index is 11.2. The van der Waals surface area contributed by atoms with Crippen LogP contribution in [0.25, 0.3) is 0 Å².